The number of rotatable bonds is 4. The first-order valence-corrected chi connectivity index (χ1v) is 5.60. The Balaban J connectivity index is 2.54. The Morgan fingerprint density at radius 2 is 1.86 bits per heavy atom. The minimum atomic E-state index is -0.751. The van der Waals surface area contributed by atoms with Gasteiger partial charge in [0.1, 0.15) is 0 Å². The average Bonchev–Trinajstić information content (AvgIpc) is 2.01. The first-order chi connectivity index (χ1) is 6.58. The minimum absolute atomic E-state index is 0.174. The summed E-state index contributed by atoms with van der Waals surface area (Å²) in [6.07, 6.45) is 0. The SMILES string of the molecule is Cc1cc(C)cc(CSCC(=O)O)c1. The van der Waals surface area contributed by atoms with Crippen molar-refractivity contribution in [2.75, 3.05) is 5.75 Å². The van der Waals surface area contributed by atoms with Gasteiger partial charge in [0.25, 0.3) is 0 Å². The molecular formula is C11H14O2S. The van der Waals surface area contributed by atoms with E-state index in [9.17, 15) is 4.79 Å². The lowest BCUT2D eigenvalue weighted by atomic mass is 10.1. The maximum Gasteiger partial charge on any atom is 0.313 e. The van der Waals surface area contributed by atoms with E-state index in [2.05, 4.69) is 32.0 Å². The Bertz CT molecular complexity index is 314. The van der Waals surface area contributed by atoms with Crippen molar-refractivity contribution in [1.82, 2.24) is 0 Å². The fourth-order valence-corrected chi connectivity index (χ4v) is 2.09. The lowest BCUT2D eigenvalue weighted by molar-refractivity contribution is -0.133. The van der Waals surface area contributed by atoms with Gasteiger partial charge in [-0.15, -0.1) is 11.8 Å². The van der Waals surface area contributed by atoms with Gasteiger partial charge in [0.05, 0.1) is 5.75 Å². The van der Waals surface area contributed by atoms with E-state index in [1.54, 1.807) is 0 Å². The fourth-order valence-electron chi connectivity index (χ4n) is 1.41. The number of carboxylic acids is 1. The fraction of sp³-hybridized carbons (Fsp3) is 0.364. The van der Waals surface area contributed by atoms with Gasteiger partial charge >= 0.3 is 5.97 Å². The number of hydrogen-bond donors (Lipinski definition) is 1. The summed E-state index contributed by atoms with van der Waals surface area (Å²) < 4.78 is 0. The summed E-state index contributed by atoms with van der Waals surface area (Å²) in [7, 11) is 0. The third kappa shape index (κ3) is 3.83. The zero-order chi connectivity index (χ0) is 10.6. The van der Waals surface area contributed by atoms with Gasteiger partial charge in [-0.25, -0.2) is 0 Å². The molecule has 1 aromatic rings. The molecule has 0 atom stereocenters. The van der Waals surface area contributed by atoms with E-state index < -0.39 is 5.97 Å². The van der Waals surface area contributed by atoms with Gasteiger partial charge in [-0.05, 0) is 19.4 Å². The summed E-state index contributed by atoms with van der Waals surface area (Å²) in [6, 6.07) is 6.31. The predicted octanol–water partition coefficient (Wildman–Crippen LogP) is 2.62. The number of benzene rings is 1. The smallest absolute Gasteiger partial charge is 0.313 e. The van der Waals surface area contributed by atoms with Crippen LogP contribution in [0.15, 0.2) is 18.2 Å². The van der Waals surface area contributed by atoms with Crippen molar-refractivity contribution in [3.8, 4) is 0 Å². The van der Waals surface area contributed by atoms with E-state index in [0.717, 1.165) is 5.75 Å². The number of carbonyl (C=O) groups is 1. The number of aliphatic carboxylic acids is 1. The summed E-state index contributed by atoms with van der Waals surface area (Å²) in [5.41, 5.74) is 3.67. The van der Waals surface area contributed by atoms with Crippen LogP contribution in [-0.4, -0.2) is 16.8 Å². The highest BCUT2D eigenvalue weighted by molar-refractivity contribution is 7.99. The van der Waals surface area contributed by atoms with Crippen LogP contribution in [0.4, 0.5) is 0 Å². The molecule has 76 valence electrons. The molecule has 0 radical (unpaired) electrons. The molecule has 0 aliphatic rings. The number of hydrogen-bond acceptors (Lipinski definition) is 2. The third-order valence-corrected chi connectivity index (χ3v) is 2.76. The highest BCUT2D eigenvalue weighted by Crippen LogP contribution is 2.15. The first kappa shape index (κ1) is 11.1. The van der Waals surface area contributed by atoms with E-state index in [4.69, 9.17) is 5.11 Å². The van der Waals surface area contributed by atoms with Gasteiger partial charge in [-0.3, -0.25) is 4.79 Å². The minimum Gasteiger partial charge on any atom is -0.481 e. The van der Waals surface area contributed by atoms with Crippen LogP contribution in [0.5, 0.6) is 0 Å². The molecule has 0 heterocycles. The Morgan fingerprint density at radius 3 is 2.36 bits per heavy atom. The van der Waals surface area contributed by atoms with Crippen molar-refractivity contribution in [2.45, 2.75) is 19.6 Å². The Morgan fingerprint density at radius 1 is 1.29 bits per heavy atom. The summed E-state index contributed by atoms with van der Waals surface area (Å²) in [5.74, 6) is 0.196. The summed E-state index contributed by atoms with van der Waals surface area (Å²) in [4.78, 5) is 10.3. The van der Waals surface area contributed by atoms with Crippen LogP contribution >= 0.6 is 11.8 Å². The largest absolute Gasteiger partial charge is 0.481 e. The molecule has 0 bridgehead atoms. The van der Waals surface area contributed by atoms with Crippen molar-refractivity contribution >= 4 is 17.7 Å². The molecule has 0 amide bonds. The lowest BCUT2D eigenvalue weighted by Crippen LogP contribution is -1.98. The van der Waals surface area contributed by atoms with Crippen molar-refractivity contribution in [2.24, 2.45) is 0 Å². The van der Waals surface area contributed by atoms with Crippen LogP contribution in [0.1, 0.15) is 16.7 Å². The zero-order valence-corrected chi connectivity index (χ0v) is 9.23. The number of thioether (sulfide) groups is 1. The van der Waals surface area contributed by atoms with Crippen molar-refractivity contribution in [1.29, 1.82) is 0 Å². The van der Waals surface area contributed by atoms with Crippen molar-refractivity contribution in [3.63, 3.8) is 0 Å². The Labute approximate surface area is 88.3 Å². The quantitative estimate of drug-likeness (QED) is 0.830. The second kappa shape index (κ2) is 5.05. The lowest BCUT2D eigenvalue weighted by Gasteiger charge is -2.03. The molecule has 1 N–H and O–H groups in total. The van der Waals surface area contributed by atoms with Gasteiger partial charge in [-0.1, -0.05) is 29.3 Å². The van der Waals surface area contributed by atoms with Gasteiger partial charge in [0, 0.05) is 5.75 Å². The van der Waals surface area contributed by atoms with Crippen LogP contribution in [-0.2, 0) is 10.5 Å². The maximum absolute atomic E-state index is 10.3. The second-order valence-electron chi connectivity index (χ2n) is 3.38. The molecule has 1 rings (SSSR count). The zero-order valence-electron chi connectivity index (χ0n) is 8.41. The van der Waals surface area contributed by atoms with Crippen LogP contribution in [0, 0.1) is 13.8 Å². The molecule has 0 saturated heterocycles. The summed E-state index contributed by atoms with van der Waals surface area (Å²) >= 11 is 1.43. The predicted molar refractivity (Wildman–Crippen MR) is 59.7 cm³/mol. The van der Waals surface area contributed by atoms with Gasteiger partial charge < -0.3 is 5.11 Å². The normalized spacial score (nSPS) is 10.1. The van der Waals surface area contributed by atoms with Crippen LogP contribution in [0.3, 0.4) is 0 Å². The van der Waals surface area contributed by atoms with Crippen molar-refractivity contribution < 1.29 is 9.90 Å². The molecule has 0 saturated carbocycles. The van der Waals surface area contributed by atoms with E-state index in [-0.39, 0.29) is 5.75 Å². The number of aryl methyl sites for hydroxylation is 2. The molecule has 0 unspecified atom stereocenters. The molecule has 0 aliphatic heterocycles. The standard InChI is InChI=1S/C11H14O2S/c1-8-3-9(2)5-10(4-8)6-14-7-11(12)13/h3-5H,6-7H2,1-2H3,(H,12,13). The van der Waals surface area contributed by atoms with E-state index in [1.807, 2.05) is 0 Å². The van der Waals surface area contributed by atoms with Gasteiger partial charge in [0.15, 0.2) is 0 Å². The maximum atomic E-state index is 10.3. The van der Waals surface area contributed by atoms with Gasteiger partial charge in [0.2, 0.25) is 0 Å². The second-order valence-corrected chi connectivity index (χ2v) is 4.37. The highest BCUT2D eigenvalue weighted by Gasteiger charge is 1.99. The van der Waals surface area contributed by atoms with E-state index in [0.29, 0.717) is 0 Å². The number of carboxylic acid groups (broad SMARTS) is 1. The molecule has 0 spiro atoms. The Kier molecular flexibility index (Phi) is 4.01. The molecule has 14 heavy (non-hydrogen) atoms. The molecule has 0 aromatic heterocycles. The summed E-state index contributed by atoms with van der Waals surface area (Å²) in [5, 5.41) is 8.48. The molecule has 1 aromatic carbocycles. The average molecular weight is 210 g/mol. The van der Waals surface area contributed by atoms with Crippen molar-refractivity contribution in [3.05, 3.63) is 34.9 Å². The van der Waals surface area contributed by atoms with Crippen LogP contribution in [0.2, 0.25) is 0 Å². The highest BCUT2D eigenvalue weighted by atomic mass is 32.2. The first-order valence-electron chi connectivity index (χ1n) is 4.44. The topological polar surface area (TPSA) is 37.3 Å². The van der Waals surface area contributed by atoms with Gasteiger partial charge in [-0.2, -0.15) is 0 Å². The molecule has 0 fully saturated rings. The van der Waals surface area contributed by atoms with Crippen LogP contribution in [0.25, 0.3) is 0 Å². The molecule has 3 heteroatoms. The van der Waals surface area contributed by atoms with Crippen LogP contribution < -0.4 is 0 Å². The monoisotopic (exact) mass is 210 g/mol. The van der Waals surface area contributed by atoms with E-state index in [1.165, 1.54) is 28.5 Å². The Hall–Kier alpha value is -0.960. The third-order valence-electron chi connectivity index (χ3n) is 1.78. The molecular weight excluding hydrogens is 196 g/mol. The van der Waals surface area contributed by atoms with E-state index >= 15 is 0 Å². The molecule has 0 aliphatic carbocycles. The summed E-state index contributed by atoms with van der Waals surface area (Å²) in [6.45, 7) is 4.11. The molecule has 2 nitrogen and oxygen atoms in total.